The fourth-order valence-corrected chi connectivity index (χ4v) is 3.18. The van der Waals surface area contributed by atoms with Crippen LogP contribution in [0.1, 0.15) is 40.2 Å². The van der Waals surface area contributed by atoms with Crippen molar-refractivity contribution in [1.29, 1.82) is 0 Å². The van der Waals surface area contributed by atoms with Crippen LogP contribution in [0.25, 0.3) is 5.65 Å². The first-order chi connectivity index (χ1) is 11.7. The number of carbonyl (C=O) groups excluding carboxylic acids is 1. The molecule has 3 aromatic rings. The molecule has 3 heterocycles. The average Bonchev–Trinajstić information content (AvgIpc) is 3.02. The highest BCUT2D eigenvalue weighted by Gasteiger charge is 2.17. The monoisotopic (exact) mass is 322 g/mol. The van der Waals surface area contributed by atoms with E-state index in [-0.39, 0.29) is 23.6 Å². The zero-order valence-corrected chi connectivity index (χ0v) is 13.2. The summed E-state index contributed by atoms with van der Waals surface area (Å²) in [6.07, 6.45) is 7.75. The Balaban J connectivity index is 1.52. The number of aryl methyl sites for hydroxylation is 2. The van der Waals surface area contributed by atoms with Gasteiger partial charge in [0.2, 0.25) is 0 Å². The molecule has 24 heavy (non-hydrogen) atoms. The van der Waals surface area contributed by atoms with Gasteiger partial charge in [-0.3, -0.25) is 9.59 Å². The summed E-state index contributed by atoms with van der Waals surface area (Å²) in [6.45, 7) is 0.289. The van der Waals surface area contributed by atoms with Gasteiger partial charge in [-0.05, 0) is 49.4 Å². The molecule has 1 amide bonds. The third kappa shape index (κ3) is 2.71. The zero-order chi connectivity index (χ0) is 16.5. The van der Waals surface area contributed by atoms with E-state index in [9.17, 15) is 9.59 Å². The van der Waals surface area contributed by atoms with E-state index in [2.05, 4.69) is 15.3 Å². The molecular weight excluding hydrogens is 304 g/mol. The maximum atomic E-state index is 12.4. The lowest BCUT2D eigenvalue weighted by Gasteiger charge is -2.15. The normalized spacial score (nSPS) is 13.7. The van der Waals surface area contributed by atoms with Crippen LogP contribution < -0.4 is 10.9 Å². The van der Waals surface area contributed by atoms with Crippen LogP contribution in [-0.2, 0) is 19.4 Å². The van der Waals surface area contributed by atoms with Gasteiger partial charge in [-0.2, -0.15) is 0 Å². The Morgan fingerprint density at radius 2 is 2.17 bits per heavy atom. The van der Waals surface area contributed by atoms with Gasteiger partial charge in [0, 0.05) is 18.1 Å². The molecule has 2 N–H and O–H groups in total. The molecule has 3 aromatic heterocycles. The lowest BCUT2D eigenvalue weighted by molar-refractivity contribution is 0.0948. The van der Waals surface area contributed by atoms with Crippen molar-refractivity contribution < 1.29 is 4.79 Å². The van der Waals surface area contributed by atoms with Crippen LogP contribution in [0.4, 0.5) is 0 Å². The van der Waals surface area contributed by atoms with E-state index in [1.54, 1.807) is 6.07 Å². The van der Waals surface area contributed by atoms with Gasteiger partial charge in [0.15, 0.2) is 0 Å². The van der Waals surface area contributed by atoms with E-state index in [1.807, 2.05) is 35.0 Å². The van der Waals surface area contributed by atoms with E-state index in [0.717, 1.165) is 48.3 Å². The van der Waals surface area contributed by atoms with Crippen molar-refractivity contribution >= 4 is 11.6 Å². The van der Waals surface area contributed by atoms with Gasteiger partial charge < -0.3 is 14.7 Å². The number of carbonyl (C=O) groups is 1. The third-order valence-corrected chi connectivity index (χ3v) is 4.43. The molecule has 0 bridgehead atoms. The van der Waals surface area contributed by atoms with Gasteiger partial charge >= 0.3 is 0 Å². The second-order valence-corrected chi connectivity index (χ2v) is 6.10. The lowest BCUT2D eigenvalue weighted by Crippen LogP contribution is -2.30. The van der Waals surface area contributed by atoms with Crippen LogP contribution in [-0.4, -0.2) is 20.3 Å². The number of fused-ring (bicyclic) bond motifs is 2. The van der Waals surface area contributed by atoms with E-state index in [0.29, 0.717) is 0 Å². The summed E-state index contributed by atoms with van der Waals surface area (Å²) in [7, 11) is 0. The summed E-state index contributed by atoms with van der Waals surface area (Å²) in [5.41, 5.74) is 3.50. The van der Waals surface area contributed by atoms with Crippen molar-refractivity contribution in [3.05, 3.63) is 69.5 Å². The summed E-state index contributed by atoms with van der Waals surface area (Å²) in [4.78, 5) is 31.8. The Bertz CT molecular complexity index is 938. The number of amides is 1. The molecule has 6 nitrogen and oxygen atoms in total. The molecule has 0 spiro atoms. The van der Waals surface area contributed by atoms with Crippen molar-refractivity contribution in [2.24, 2.45) is 0 Å². The SMILES string of the molecule is O=C(NCc1cn2ccccc2n1)c1cc2c([nH]c1=O)CCCC2. The summed E-state index contributed by atoms with van der Waals surface area (Å²) in [5.74, 6) is -0.360. The maximum absolute atomic E-state index is 12.4. The highest BCUT2D eigenvalue weighted by atomic mass is 16.2. The molecule has 0 aromatic carbocycles. The predicted molar refractivity (Wildman–Crippen MR) is 90.1 cm³/mol. The molecule has 122 valence electrons. The number of imidazole rings is 1. The smallest absolute Gasteiger partial charge is 0.261 e. The molecule has 0 saturated carbocycles. The van der Waals surface area contributed by atoms with Gasteiger partial charge in [0.1, 0.15) is 11.2 Å². The van der Waals surface area contributed by atoms with Crippen molar-refractivity contribution in [2.75, 3.05) is 0 Å². The molecule has 0 aliphatic heterocycles. The van der Waals surface area contributed by atoms with Gasteiger partial charge in [0.25, 0.3) is 11.5 Å². The summed E-state index contributed by atoms with van der Waals surface area (Å²) < 4.78 is 1.90. The fourth-order valence-electron chi connectivity index (χ4n) is 3.18. The number of rotatable bonds is 3. The molecule has 0 radical (unpaired) electrons. The molecule has 0 atom stereocenters. The first-order valence-electron chi connectivity index (χ1n) is 8.16. The lowest BCUT2D eigenvalue weighted by atomic mass is 9.95. The number of aromatic amines is 1. The van der Waals surface area contributed by atoms with Crippen LogP contribution >= 0.6 is 0 Å². The number of aromatic nitrogens is 3. The molecular formula is C18H18N4O2. The van der Waals surface area contributed by atoms with Gasteiger partial charge in [-0.15, -0.1) is 0 Å². The highest BCUT2D eigenvalue weighted by Crippen LogP contribution is 2.18. The Kier molecular flexibility index (Phi) is 3.65. The van der Waals surface area contributed by atoms with E-state index >= 15 is 0 Å². The molecule has 6 heteroatoms. The number of nitrogens with one attached hydrogen (secondary N) is 2. The molecule has 0 unspecified atom stereocenters. The minimum absolute atomic E-state index is 0.180. The van der Waals surface area contributed by atoms with Crippen LogP contribution in [0.3, 0.4) is 0 Å². The Morgan fingerprint density at radius 1 is 1.29 bits per heavy atom. The maximum Gasteiger partial charge on any atom is 0.261 e. The number of pyridine rings is 2. The quantitative estimate of drug-likeness (QED) is 0.772. The zero-order valence-electron chi connectivity index (χ0n) is 13.2. The first kappa shape index (κ1) is 14.7. The average molecular weight is 322 g/mol. The second-order valence-electron chi connectivity index (χ2n) is 6.10. The minimum atomic E-state index is -0.360. The van der Waals surface area contributed by atoms with Gasteiger partial charge in [-0.1, -0.05) is 6.07 Å². The molecule has 1 aliphatic rings. The van der Waals surface area contributed by atoms with Crippen LogP contribution in [0.2, 0.25) is 0 Å². The summed E-state index contributed by atoms with van der Waals surface area (Å²) in [5, 5.41) is 2.79. The number of H-pyrrole nitrogens is 1. The van der Waals surface area contributed by atoms with Crippen molar-refractivity contribution in [1.82, 2.24) is 19.7 Å². The third-order valence-electron chi connectivity index (χ3n) is 4.43. The van der Waals surface area contributed by atoms with E-state index in [4.69, 9.17) is 0 Å². The van der Waals surface area contributed by atoms with Crippen molar-refractivity contribution in [3.63, 3.8) is 0 Å². The summed E-state index contributed by atoms with van der Waals surface area (Å²) in [6, 6.07) is 7.48. The van der Waals surface area contributed by atoms with E-state index in [1.165, 1.54) is 0 Å². The predicted octanol–water partition coefficient (Wildman–Crippen LogP) is 1.83. The number of hydrogen-bond acceptors (Lipinski definition) is 3. The highest BCUT2D eigenvalue weighted by molar-refractivity contribution is 5.94. The molecule has 0 saturated heterocycles. The van der Waals surface area contributed by atoms with Crippen molar-refractivity contribution in [3.8, 4) is 0 Å². The standard InChI is InChI=1S/C18H18N4O2/c23-17(14-9-12-5-1-2-6-15(12)21-18(14)24)19-10-13-11-22-8-4-3-7-16(22)20-13/h3-4,7-9,11H,1-2,5-6,10H2,(H,19,23)(H,21,24). The van der Waals surface area contributed by atoms with Gasteiger partial charge in [0.05, 0.1) is 12.2 Å². The van der Waals surface area contributed by atoms with Crippen LogP contribution in [0.5, 0.6) is 0 Å². The molecule has 0 fully saturated rings. The molecule has 1 aliphatic carbocycles. The van der Waals surface area contributed by atoms with Crippen LogP contribution in [0.15, 0.2) is 41.5 Å². The Labute approximate surface area is 138 Å². The Hall–Kier alpha value is -2.89. The minimum Gasteiger partial charge on any atom is -0.346 e. The topological polar surface area (TPSA) is 79.3 Å². The van der Waals surface area contributed by atoms with Crippen molar-refractivity contribution in [2.45, 2.75) is 32.2 Å². The number of nitrogens with zero attached hydrogens (tertiary/aromatic N) is 2. The fraction of sp³-hybridized carbons (Fsp3) is 0.278. The molecule has 4 rings (SSSR count). The Morgan fingerprint density at radius 3 is 3.04 bits per heavy atom. The van der Waals surface area contributed by atoms with Gasteiger partial charge in [-0.25, -0.2) is 4.98 Å². The van der Waals surface area contributed by atoms with Crippen LogP contribution in [0, 0.1) is 0 Å². The van der Waals surface area contributed by atoms with E-state index < -0.39 is 0 Å². The second kappa shape index (κ2) is 5.96. The summed E-state index contributed by atoms with van der Waals surface area (Å²) >= 11 is 0. The number of hydrogen-bond donors (Lipinski definition) is 2. The first-order valence-corrected chi connectivity index (χ1v) is 8.16. The largest absolute Gasteiger partial charge is 0.346 e.